The van der Waals surface area contributed by atoms with Crippen molar-refractivity contribution in [2.24, 2.45) is 17.8 Å². The first-order valence-corrected chi connectivity index (χ1v) is 12.3. The average Bonchev–Trinajstić information content (AvgIpc) is 2.86. The first kappa shape index (κ1) is 17.9. The van der Waals surface area contributed by atoms with Crippen molar-refractivity contribution in [3.63, 3.8) is 0 Å². The van der Waals surface area contributed by atoms with E-state index >= 15 is 0 Å². The van der Waals surface area contributed by atoms with Gasteiger partial charge in [0.2, 0.25) is 0 Å². The SMILES string of the molecule is CC1CCC2C1C(O)C1(C)CC(O[Si](C)(C)C(C)(C)C)C2(C)O1. The van der Waals surface area contributed by atoms with Gasteiger partial charge in [0.1, 0.15) is 0 Å². The van der Waals surface area contributed by atoms with Crippen molar-refractivity contribution in [2.45, 2.75) is 102 Å². The molecule has 3 rings (SSSR count). The zero-order valence-electron chi connectivity index (χ0n) is 16.3. The summed E-state index contributed by atoms with van der Waals surface area (Å²) >= 11 is 0. The number of aliphatic hydroxyl groups is 1. The third-order valence-electron chi connectivity index (χ3n) is 7.71. The number of fused-ring (bicyclic) bond motifs is 4. The van der Waals surface area contributed by atoms with Gasteiger partial charge in [-0.15, -0.1) is 0 Å². The standard InChI is InChI=1S/C19H36O3Si/c1-12-9-10-13-15(12)16(20)18(5)11-14(19(13,6)22-18)21-23(7,8)17(2,3)4/h12-16,20H,9-11H2,1-8H3. The molecule has 2 bridgehead atoms. The number of aliphatic hydroxyl groups excluding tert-OH is 1. The highest BCUT2D eigenvalue weighted by Crippen LogP contribution is 2.61. The smallest absolute Gasteiger partial charge is 0.192 e. The molecule has 0 aromatic carbocycles. The van der Waals surface area contributed by atoms with E-state index in [-0.39, 0.29) is 22.8 Å². The summed E-state index contributed by atoms with van der Waals surface area (Å²) in [5.41, 5.74) is -0.680. The van der Waals surface area contributed by atoms with Gasteiger partial charge < -0.3 is 14.3 Å². The molecule has 0 aromatic rings. The Morgan fingerprint density at radius 3 is 2.35 bits per heavy atom. The van der Waals surface area contributed by atoms with Gasteiger partial charge in [-0.1, -0.05) is 27.7 Å². The van der Waals surface area contributed by atoms with Crippen LogP contribution in [0.1, 0.15) is 60.8 Å². The Morgan fingerprint density at radius 1 is 1.17 bits per heavy atom. The Hall–Kier alpha value is 0.0969. The van der Waals surface area contributed by atoms with E-state index in [1.807, 2.05) is 0 Å². The topological polar surface area (TPSA) is 38.7 Å². The lowest BCUT2D eigenvalue weighted by molar-refractivity contribution is -0.237. The Morgan fingerprint density at radius 2 is 1.78 bits per heavy atom. The van der Waals surface area contributed by atoms with Crippen LogP contribution in [0, 0.1) is 17.8 Å². The Labute approximate surface area is 143 Å². The summed E-state index contributed by atoms with van der Waals surface area (Å²) in [6.07, 6.45) is 2.95. The quantitative estimate of drug-likeness (QED) is 0.760. The third-order valence-corrected chi connectivity index (χ3v) is 12.2. The van der Waals surface area contributed by atoms with Crippen molar-refractivity contribution in [1.82, 2.24) is 0 Å². The molecule has 4 heteroatoms. The minimum absolute atomic E-state index is 0.114. The largest absolute Gasteiger partial charge is 0.411 e. The molecule has 2 saturated heterocycles. The highest BCUT2D eigenvalue weighted by molar-refractivity contribution is 6.74. The van der Waals surface area contributed by atoms with Gasteiger partial charge in [-0.25, -0.2) is 0 Å². The van der Waals surface area contributed by atoms with Crippen molar-refractivity contribution in [3.05, 3.63) is 0 Å². The van der Waals surface area contributed by atoms with Gasteiger partial charge in [-0.3, -0.25) is 0 Å². The predicted molar refractivity (Wildman–Crippen MR) is 96.0 cm³/mol. The molecule has 1 saturated carbocycles. The maximum absolute atomic E-state index is 11.0. The summed E-state index contributed by atoms with van der Waals surface area (Å²) in [7, 11) is -1.85. The van der Waals surface area contributed by atoms with Crippen molar-refractivity contribution in [3.8, 4) is 0 Å². The van der Waals surface area contributed by atoms with E-state index in [0.717, 1.165) is 12.8 Å². The summed E-state index contributed by atoms with van der Waals surface area (Å²) < 4.78 is 13.4. The summed E-state index contributed by atoms with van der Waals surface area (Å²) in [6, 6.07) is 0. The number of ether oxygens (including phenoxy) is 1. The molecule has 3 aliphatic rings. The molecule has 23 heavy (non-hydrogen) atoms. The van der Waals surface area contributed by atoms with Gasteiger partial charge in [0, 0.05) is 6.42 Å². The van der Waals surface area contributed by atoms with Crippen molar-refractivity contribution >= 4 is 8.32 Å². The fraction of sp³-hybridized carbons (Fsp3) is 1.00. The predicted octanol–water partition coefficient (Wildman–Crippen LogP) is 4.35. The van der Waals surface area contributed by atoms with Gasteiger partial charge >= 0.3 is 0 Å². The van der Waals surface area contributed by atoms with Crippen LogP contribution < -0.4 is 0 Å². The van der Waals surface area contributed by atoms with Crippen LogP contribution in [0.2, 0.25) is 18.1 Å². The van der Waals surface area contributed by atoms with Crippen LogP contribution in [0.25, 0.3) is 0 Å². The molecule has 1 N–H and O–H groups in total. The van der Waals surface area contributed by atoms with Gasteiger partial charge in [0.25, 0.3) is 0 Å². The van der Waals surface area contributed by atoms with Crippen LogP contribution in [0.3, 0.4) is 0 Å². The highest BCUT2D eigenvalue weighted by atomic mass is 28.4. The first-order valence-electron chi connectivity index (χ1n) is 9.38. The number of rotatable bonds is 2. The second kappa shape index (κ2) is 5.06. The van der Waals surface area contributed by atoms with E-state index < -0.39 is 13.9 Å². The first-order chi connectivity index (χ1) is 10.3. The molecule has 3 nitrogen and oxygen atoms in total. The monoisotopic (exact) mass is 340 g/mol. The molecule has 7 unspecified atom stereocenters. The zero-order valence-corrected chi connectivity index (χ0v) is 17.3. The second-order valence-corrected chi connectivity index (χ2v) is 15.1. The van der Waals surface area contributed by atoms with Crippen LogP contribution in [0.5, 0.6) is 0 Å². The molecular weight excluding hydrogens is 304 g/mol. The fourth-order valence-electron chi connectivity index (χ4n) is 5.20. The third kappa shape index (κ3) is 2.47. The van der Waals surface area contributed by atoms with E-state index in [1.165, 1.54) is 6.42 Å². The van der Waals surface area contributed by atoms with Crippen LogP contribution in [0.4, 0.5) is 0 Å². The lowest BCUT2D eigenvalue weighted by Gasteiger charge is -2.50. The molecule has 134 valence electrons. The van der Waals surface area contributed by atoms with Crippen molar-refractivity contribution in [1.29, 1.82) is 0 Å². The minimum atomic E-state index is -1.85. The summed E-state index contributed by atoms with van der Waals surface area (Å²) in [6.45, 7) is 18.2. The molecular formula is C19H36O3Si. The van der Waals surface area contributed by atoms with Gasteiger partial charge in [-0.05, 0) is 62.6 Å². The van der Waals surface area contributed by atoms with Gasteiger partial charge in [-0.2, -0.15) is 0 Å². The van der Waals surface area contributed by atoms with Crippen molar-refractivity contribution in [2.75, 3.05) is 0 Å². The van der Waals surface area contributed by atoms with E-state index in [9.17, 15) is 5.11 Å². The summed E-state index contributed by atoms with van der Waals surface area (Å²) in [5.74, 6) is 1.38. The average molecular weight is 341 g/mol. The lowest BCUT2D eigenvalue weighted by atomic mass is 9.72. The normalized spacial score (nSPS) is 50.2. The Kier molecular flexibility index (Phi) is 3.94. The molecule has 7 atom stereocenters. The molecule has 2 aliphatic heterocycles. The van der Waals surface area contributed by atoms with Crippen LogP contribution in [0.15, 0.2) is 0 Å². The summed E-state index contributed by atoms with van der Waals surface area (Å²) in [5, 5.41) is 11.2. The second-order valence-electron chi connectivity index (χ2n) is 10.4. The zero-order chi connectivity index (χ0) is 17.4. The highest BCUT2D eigenvalue weighted by Gasteiger charge is 2.68. The molecule has 0 spiro atoms. The van der Waals surface area contributed by atoms with Crippen LogP contribution >= 0.6 is 0 Å². The van der Waals surface area contributed by atoms with E-state index in [1.54, 1.807) is 0 Å². The fourth-order valence-corrected chi connectivity index (χ4v) is 6.58. The molecule has 0 aromatic heterocycles. The van der Waals surface area contributed by atoms with E-state index in [4.69, 9.17) is 9.16 Å². The lowest BCUT2D eigenvalue weighted by Crippen LogP contribution is -2.59. The number of hydrogen-bond donors (Lipinski definition) is 1. The molecule has 1 aliphatic carbocycles. The molecule has 2 heterocycles. The summed E-state index contributed by atoms with van der Waals surface area (Å²) in [4.78, 5) is 0. The van der Waals surface area contributed by atoms with E-state index in [0.29, 0.717) is 17.8 Å². The Bertz CT molecular complexity index is 485. The molecule has 0 radical (unpaired) electrons. The van der Waals surface area contributed by atoms with Crippen LogP contribution in [-0.4, -0.2) is 36.8 Å². The Balaban J connectivity index is 1.93. The van der Waals surface area contributed by atoms with E-state index in [2.05, 4.69) is 54.6 Å². The van der Waals surface area contributed by atoms with Gasteiger partial charge in [0.15, 0.2) is 8.32 Å². The minimum Gasteiger partial charge on any atom is -0.411 e. The van der Waals surface area contributed by atoms with Crippen LogP contribution in [-0.2, 0) is 9.16 Å². The van der Waals surface area contributed by atoms with Gasteiger partial charge in [0.05, 0.1) is 23.4 Å². The molecule has 0 amide bonds. The maximum Gasteiger partial charge on any atom is 0.192 e. The maximum atomic E-state index is 11.0. The molecule has 3 fully saturated rings. The number of hydrogen-bond acceptors (Lipinski definition) is 3. The van der Waals surface area contributed by atoms with Crippen molar-refractivity contribution < 1.29 is 14.3 Å².